The molecule has 0 aliphatic rings. The van der Waals surface area contributed by atoms with E-state index in [2.05, 4.69) is 74.6 Å². The quantitative estimate of drug-likeness (QED) is 0.0385. The van der Waals surface area contributed by atoms with E-state index in [0.29, 0.717) is 12.8 Å². The third-order valence-electron chi connectivity index (χ3n) is 9.55. The minimum Gasteiger partial charge on any atom is -0.462 e. The molecule has 0 aromatic carbocycles. The first-order valence-corrected chi connectivity index (χ1v) is 22.3. The highest BCUT2D eigenvalue weighted by atomic mass is 16.6. The Morgan fingerprint density at radius 2 is 0.811 bits per heavy atom. The number of carbonyl (C=O) groups is 2. The largest absolute Gasteiger partial charge is 0.462 e. The van der Waals surface area contributed by atoms with E-state index in [-0.39, 0.29) is 25.2 Å². The smallest absolute Gasteiger partial charge is 0.306 e. The fourth-order valence-electron chi connectivity index (χ4n) is 6.19. The number of hydrogen-bond donors (Lipinski definition) is 1. The molecule has 1 unspecified atom stereocenters. The van der Waals surface area contributed by atoms with Gasteiger partial charge >= 0.3 is 11.9 Å². The van der Waals surface area contributed by atoms with Crippen molar-refractivity contribution in [2.24, 2.45) is 0 Å². The molecular formula is C48H84O5. The Balaban J connectivity index is 3.56. The number of aliphatic hydroxyl groups is 1. The third kappa shape index (κ3) is 42.2. The molecule has 0 aromatic heterocycles. The second-order valence-electron chi connectivity index (χ2n) is 14.7. The lowest BCUT2D eigenvalue weighted by Crippen LogP contribution is -2.28. The fourth-order valence-corrected chi connectivity index (χ4v) is 6.19. The van der Waals surface area contributed by atoms with E-state index in [9.17, 15) is 14.7 Å². The van der Waals surface area contributed by atoms with Crippen LogP contribution in [0, 0.1) is 0 Å². The number of aliphatic hydroxyl groups excluding tert-OH is 1. The second-order valence-corrected chi connectivity index (χ2v) is 14.7. The van der Waals surface area contributed by atoms with Crippen LogP contribution >= 0.6 is 0 Å². The summed E-state index contributed by atoms with van der Waals surface area (Å²) in [5.41, 5.74) is 0. The molecule has 0 radical (unpaired) electrons. The maximum Gasteiger partial charge on any atom is 0.306 e. The molecule has 0 saturated carbocycles. The summed E-state index contributed by atoms with van der Waals surface area (Å²) in [6.07, 6.45) is 57.2. The molecule has 0 aliphatic carbocycles. The summed E-state index contributed by atoms with van der Waals surface area (Å²) in [7, 11) is 0. The number of ether oxygens (including phenoxy) is 2. The van der Waals surface area contributed by atoms with Gasteiger partial charge < -0.3 is 14.6 Å². The zero-order chi connectivity index (χ0) is 38.6. The van der Waals surface area contributed by atoms with Crippen LogP contribution in [0.5, 0.6) is 0 Å². The zero-order valence-electron chi connectivity index (χ0n) is 34.8. The number of hydrogen-bond acceptors (Lipinski definition) is 5. The normalized spacial score (nSPS) is 12.7. The summed E-state index contributed by atoms with van der Waals surface area (Å²) in [6.45, 7) is 4.02. The van der Waals surface area contributed by atoms with Crippen molar-refractivity contribution in [1.29, 1.82) is 0 Å². The van der Waals surface area contributed by atoms with Crippen molar-refractivity contribution in [2.45, 2.75) is 219 Å². The van der Waals surface area contributed by atoms with E-state index in [1.807, 2.05) is 0 Å². The molecule has 0 fully saturated rings. The summed E-state index contributed by atoms with van der Waals surface area (Å²) < 4.78 is 10.6. The maximum absolute atomic E-state index is 12.2. The molecule has 0 spiro atoms. The Labute approximate surface area is 328 Å². The molecule has 0 aliphatic heterocycles. The van der Waals surface area contributed by atoms with Crippen LogP contribution < -0.4 is 0 Å². The van der Waals surface area contributed by atoms with Crippen LogP contribution in [0.4, 0.5) is 0 Å². The first kappa shape index (κ1) is 50.6. The Kier molecular flexibility index (Phi) is 42.0. The van der Waals surface area contributed by atoms with Gasteiger partial charge in [0.2, 0.25) is 0 Å². The van der Waals surface area contributed by atoms with Gasteiger partial charge in [-0.05, 0) is 77.0 Å². The van der Waals surface area contributed by atoms with Gasteiger partial charge in [0.15, 0.2) is 6.10 Å². The first-order valence-electron chi connectivity index (χ1n) is 22.3. The standard InChI is InChI=1S/C48H84O5/c1-3-5-7-9-11-13-15-17-19-21-23-24-25-27-29-31-33-35-37-39-41-43-48(51)53-46(44-49)45-52-47(50)42-40-38-36-34-32-30-28-26-22-20-18-16-14-12-10-8-6-4-2/h5,7,11,13,17,19-20,22-24,46,49H,3-4,6,8-10,12,14-16,18,21,25-45H2,1-2H3/b7-5-,13-11-,19-17-,22-20-,24-23-. The molecule has 1 N–H and O–H groups in total. The van der Waals surface area contributed by atoms with Crippen LogP contribution in [0.25, 0.3) is 0 Å². The van der Waals surface area contributed by atoms with Crippen LogP contribution in [0.15, 0.2) is 60.8 Å². The van der Waals surface area contributed by atoms with Crippen molar-refractivity contribution in [3.05, 3.63) is 60.8 Å². The predicted molar refractivity (Wildman–Crippen MR) is 228 cm³/mol. The van der Waals surface area contributed by atoms with Crippen molar-refractivity contribution < 1.29 is 24.2 Å². The molecule has 0 rings (SSSR count). The van der Waals surface area contributed by atoms with Crippen LogP contribution in [0.1, 0.15) is 213 Å². The van der Waals surface area contributed by atoms with E-state index < -0.39 is 6.10 Å². The van der Waals surface area contributed by atoms with Gasteiger partial charge in [0, 0.05) is 12.8 Å². The number of esters is 2. The Bertz CT molecular complexity index is 930. The maximum atomic E-state index is 12.2. The van der Waals surface area contributed by atoms with Gasteiger partial charge in [0.25, 0.3) is 0 Å². The van der Waals surface area contributed by atoms with Crippen LogP contribution in [-0.2, 0) is 19.1 Å². The van der Waals surface area contributed by atoms with Gasteiger partial charge in [-0.15, -0.1) is 0 Å². The molecule has 0 heterocycles. The van der Waals surface area contributed by atoms with Crippen LogP contribution in [0.2, 0.25) is 0 Å². The molecule has 0 bridgehead atoms. The third-order valence-corrected chi connectivity index (χ3v) is 9.55. The van der Waals surface area contributed by atoms with Gasteiger partial charge in [-0.25, -0.2) is 0 Å². The molecule has 0 aromatic rings. The average Bonchev–Trinajstić information content (AvgIpc) is 3.16. The van der Waals surface area contributed by atoms with E-state index in [1.165, 1.54) is 116 Å². The summed E-state index contributed by atoms with van der Waals surface area (Å²) in [5.74, 6) is -0.604. The van der Waals surface area contributed by atoms with Crippen molar-refractivity contribution in [2.75, 3.05) is 13.2 Å². The van der Waals surface area contributed by atoms with E-state index in [0.717, 1.165) is 70.6 Å². The van der Waals surface area contributed by atoms with E-state index in [4.69, 9.17) is 9.47 Å². The van der Waals surface area contributed by atoms with Gasteiger partial charge in [-0.1, -0.05) is 184 Å². The summed E-state index contributed by atoms with van der Waals surface area (Å²) >= 11 is 0. The molecule has 306 valence electrons. The van der Waals surface area contributed by atoms with Gasteiger partial charge in [-0.2, -0.15) is 0 Å². The molecule has 53 heavy (non-hydrogen) atoms. The fraction of sp³-hybridized carbons (Fsp3) is 0.750. The minimum absolute atomic E-state index is 0.0726. The van der Waals surface area contributed by atoms with Crippen LogP contribution in [0.3, 0.4) is 0 Å². The molecule has 0 amide bonds. The summed E-state index contributed by atoms with van der Waals surface area (Å²) in [6, 6.07) is 0. The zero-order valence-corrected chi connectivity index (χ0v) is 34.8. The van der Waals surface area contributed by atoms with E-state index in [1.54, 1.807) is 0 Å². The Morgan fingerprint density at radius 1 is 0.453 bits per heavy atom. The molecule has 5 nitrogen and oxygen atoms in total. The number of unbranched alkanes of at least 4 members (excludes halogenated alkanes) is 22. The highest BCUT2D eigenvalue weighted by molar-refractivity contribution is 5.70. The minimum atomic E-state index is -0.779. The van der Waals surface area contributed by atoms with Crippen molar-refractivity contribution >= 4 is 11.9 Å². The summed E-state index contributed by atoms with van der Waals surface area (Å²) in [5, 5.41) is 9.59. The van der Waals surface area contributed by atoms with Gasteiger partial charge in [0.05, 0.1) is 6.61 Å². The van der Waals surface area contributed by atoms with Crippen molar-refractivity contribution in [3.8, 4) is 0 Å². The summed E-state index contributed by atoms with van der Waals surface area (Å²) in [4.78, 5) is 24.4. The second kappa shape index (κ2) is 44.0. The average molecular weight is 741 g/mol. The number of rotatable bonds is 40. The van der Waals surface area contributed by atoms with Gasteiger partial charge in [0.1, 0.15) is 6.61 Å². The molecule has 1 atom stereocenters. The molecule has 0 saturated heterocycles. The van der Waals surface area contributed by atoms with Crippen molar-refractivity contribution in [3.63, 3.8) is 0 Å². The number of carbonyl (C=O) groups excluding carboxylic acids is 2. The lowest BCUT2D eigenvalue weighted by Gasteiger charge is -2.15. The van der Waals surface area contributed by atoms with E-state index >= 15 is 0 Å². The van der Waals surface area contributed by atoms with Gasteiger partial charge in [-0.3, -0.25) is 9.59 Å². The van der Waals surface area contributed by atoms with Crippen LogP contribution in [-0.4, -0.2) is 36.4 Å². The topological polar surface area (TPSA) is 72.8 Å². The predicted octanol–water partition coefficient (Wildman–Crippen LogP) is 14.3. The Morgan fingerprint density at radius 3 is 1.25 bits per heavy atom. The Hall–Kier alpha value is -2.40. The first-order chi connectivity index (χ1) is 26.1. The lowest BCUT2D eigenvalue weighted by atomic mass is 10.1. The molecular weight excluding hydrogens is 657 g/mol. The molecule has 5 heteroatoms. The highest BCUT2D eigenvalue weighted by Gasteiger charge is 2.16. The monoisotopic (exact) mass is 741 g/mol. The number of allylic oxidation sites excluding steroid dienone is 10. The SMILES string of the molecule is CC/C=C\C/C=C\C/C=C\C/C=C\CCCCCCCCCCC(=O)OC(CO)COC(=O)CCCCCCCCC/C=C\CCCCCCCCC. The lowest BCUT2D eigenvalue weighted by molar-refractivity contribution is -0.161. The van der Waals surface area contributed by atoms with Crippen molar-refractivity contribution in [1.82, 2.24) is 0 Å². The highest BCUT2D eigenvalue weighted by Crippen LogP contribution is 2.14.